The van der Waals surface area contributed by atoms with Crippen molar-refractivity contribution in [3.05, 3.63) is 72.3 Å². The van der Waals surface area contributed by atoms with Gasteiger partial charge in [0.2, 0.25) is 0 Å². The van der Waals surface area contributed by atoms with Crippen molar-refractivity contribution in [2.45, 2.75) is 71.4 Å². The highest BCUT2D eigenvalue weighted by atomic mass is 28.4. The van der Waals surface area contributed by atoms with Crippen LogP contribution in [0.5, 0.6) is 0 Å². The molecule has 1 unspecified atom stereocenters. The molecule has 4 nitrogen and oxygen atoms in total. The van der Waals surface area contributed by atoms with Gasteiger partial charge in [0.25, 0.3) is 8.32 Å². The highest BCUT2D eigenvalue weighted by molar-refractivity contribution is 6.99. The number of rotatable bonds is 11. The zero-order valence-electron chi connectivity index (χ0n) is 21.1. The lowest BCUT2D eigenvalue weighted by Gasteiger charge is -2.45. The zero-order valence-corrected chi connectivity index (χ0v) is 22.1. The van der Waals surface area contributed by atoms with Gasteiger partial charge in [-0.2, -0.15) is 0 Å². The lowest BCUT2D eigenvalue weighted by molar-refractivity contribution is 0.0813. The Morgan fingerprint density at radius 3 is 1.97 bits per heavy atom. The van der Waals surface area contributed by atoms with Gasteiger partial charge in [0.15, 0.2) is 0 Å². The summed E-state index contributed by atoms with van der Waals surface area (Å²) in [6, 6.07) is 21.4. The first-order valence-electron chi connectivity index (χ1n) is 11.9. The smallest absolute Gasteiger partial charge is 0.438 e. The van der Waals surface area contributed by atoms with E-state index in [1.165, 1.54) is 17.5 Å². The van der Waals surface area contributed by atoms with E-state index in [4.69, 9.17) is 9.16 Å². The van der Waals surface area contributed by atoms with E-state index >= 15 is 0 Å². The third kappa shape index (κ3) is 7.05. The molecular weight excluding hydrogens is 428 g/mol. The van der Waals surface area contributed by atoms with E-state index in [0.29, 0.717) is 0 Å². The molecule has 0 spiro atoms. The second kappa shape index (κ2) is 12.8. The van der Waals surface area contributed by atoms with Gasteiger partial charge in [-0.3, -0.25) is 0 Å². The molecule has 0 aromatic heterocycles. The van der Waals surface area contributed by atoms with Crippen LogP contribution in [0.1, 0.15) is 60.3 Å². The fourth-order valence-electron chi connectivity index (χ4n) is 4.30. The van der Waals surface area contributed by atoms with E-state index in [2.05, 4.69) is 100 Å². The largest absolute Gasteiger partial charge is 0.508 e. The molecule has 0 amide bonds. The minimum atomic E-state index is -2.68. The van der Waals surface area contributed by atoms with Crippen LogP contribution < -0.4 is 10.4 Å². The molecule has 1 atom stereocenters. The summed E-state index contributed by atoms with van der Waals surface area (Å²) in [5.41, 5.74) is 1.09. The summed E-state index contributed by atoms with van der Waals surface area (Å²) < 4.78 is 17.1. The van der Waals surface area contributed by atoms with E-state index < -0.39 is 14.5 Å². The van der Waals surface area contributed by atoms with Gasteiger partial charge in [0.1, 0.15) is 6.61 Å². The van der Waals surface area contributed by atoms with Crippen LogP contribution >= 0.6 is 0 Å². The Morgan fingerprint density at radius 1 is 0.970 bits per heavy atom. The molecule has 0 aliphatic heterocycles. The van der Waals surface area contributed by atoms with E-state index in [9.17, 15) is 4.79 Å². The van der Waals surface area contributed by atoms with Crippen LogP contribution in [-0.2, 0) is 13.9 Å². The van der Waals surface area contributed by atoms with Gasteiger partial charge in [0.05, 0.1) is 13.2 Å². The summed E-state index contributed by atoms with van der Waals surface area (Å²) in [6.07, 6.45) is 5.54. The van der Waals surface area contributed by atoms with Gasteiger partial charge >= 0.3 is 6.16 Å². The average Bonchev–Trinajstić information content (AvgIpc) is 2.81. The molecule has 2 rings (SSSR count). The molecule has 0 saturated carbocycles. The van der Waals surface area contributed by atoms with E-state index in [1.807, 2.05) is 6.08 Å². The Kier molecular flexibility index (Phi) is 10.4. The van der Waals surface area contributed by atoms with Crippen LogP contribution in [0.25, 0.3) is 0 Å². The van der Waals surface area contributed by atoms with Gasteiger partial charge < -0.3 is 13.9 Å². The molecular formula is C28H40O4Si. The molecule has 33 heavy (non-hydrogen) atoms. The van der Waals surface area contributed by atoms with Crippen molar-refractivity contribution in [2.24, 2.45) is 0 Å². The number of unbranched alkanes of at least 4 members (excludes halogenated alkanes) is 2. The minimum absolute atomic E-state index is 0.0656. The normalized spacial score (nSPS) is 13.5. The minimum Gasteiger partial charge on any atom is -0.438 e. The van der Waals surface area contributed by atoms with E-state index in [1.54, 1.807) is 0 Å². The summed E-state index contributed by atoms with van der Waals surface area (Å²) in [6.45, 7) is 11.3. The fraction of sp³-hybridized carbons (Fsp3) is 0.464. The Hall–Kier alpha value is -2.37. The molecule has 0 saturated heterocycles. The lowest BCUT2D eigenvalue weighted by Crippen LogP contribution is -2.67. The van der Waals surface area contributed by atoms with Crippen LogP contribution in [0.2, 0.25) is 5.04 Å². The first-order valence-corrected chi connectivity index (χ1v) is 13.8. The van der Waals surface area contributed by atoms with Gasteiger partial charge in [-0.05, 0) is 40.4 Å². The van der Waals surface area contributed by atoms with Crippen molar-refractivity contribution in [1.82, 2.24) is 0 Å². The van der Waals surface area contributed by atoms with Crippen molar-refractivity contribution in [2.75, 3.05) is 13.7 Å². The second-order valence-electron chi connectivity index (χ2n) is 9.48. The summed E-state index contributed by atoms with van der Waals surface area (Å²) in [7, 11) is -1.36. The highest BCUT2D eigenvalue weighted by Gasteiger charge is 2.51. The van der Waals surface area contributed by atoms with Gasteiger partial charge in [0, 0.05) is 0 Å². The summed E-state index contributed by atoms with van der Waals surface area (Å²) in [5, 5.41) is 2.44. The molecule has 2 aromatic rings. The third-order valence-corrected chi connectivity index (χ3v) is 11.1. The second-order valence-corrected chi connectivity index (χ2v) is 13.7. The van der Waals surface area contributed by atoms with Gasteiger partial charge in [-0.15, -0.1) is 0 Å². The van der Waals surface area contributed by atoms with Crippen LogP contribution in [0, 0.1) is 0 Å². The number of methoxy groups -OCH3 is 1. The number of hydrogen-bond acceptors (Lipinski definition) is 4. The molecule has 0 bridgehead atoms. The number of carbonyl (C=O) groups is 1. The molecule has 0 N–H and O–H groups in total. The summed E-state index contributed by atoms with van der Waals surface area (Å²) in [4.78, 5) is 11.4. The van der Waals surface area contributed by atoms with Crippen LogP contribution in [0.4, 0.5) is 4.79 Å². The van der Waals surface area contributed by atoms with Crippen molar-refractivity contribution >= 4 is 24.8 Å². The summed E-state index contributed by atoms with van der Waals surface area (Å²) in [5.74, 6) is 0. The molecule has 0 aliphatic carbocycles. The predicted molar refractivity (Wildman–Crippen MR) is 139 cm³/mol. The highest BCUT2D eigenvalue weighted by Crippen LogP contribution is 2.38. The molecule has 2 aromatic carbocycles. The Balaban J connectivity index is 2.54. The molecule has 5 heteroatoms. The fourth-order valence-corrected chi connectivity index (χ4v) is 9.04. The third-order valence-electron chi connectivity index (χ3n) is 6.09. The Labute approximate surface area is 201 Å². The molecule has 0 fully saturated rings. The number of benzene rings is 2. The number of ether oxygens (including phenoxy) is 2. The SMILES string of the molecule is CCCCCC(O[Si](c1ccccc1)(c1ccccc1)C(C)(C)C)/C(C)=C/COC(=O)OC. The van der Waals surface area contributed by atoms with Crippen molar-refractivity contribution in [1.29, 1.82) is 0 Å². The van der Waals surface area contributed by atoms with Crippen LogP contribution in [0.15, 0.2) is 72.3 Å². The maximum absolute atomic E-state index is 11.4. The average molecular weight is 469 g/mol. The first-order chi connectivity index (χ1) is 15.8. The van der Waals surface area contributed by atoms with Crippen molar-refractivity contribution < 1.29 is 18.7 Å². The van der Waals surface area contributed by atoms with Crippen molar-refractivity contribution in [3.8, 4) is 0 Å². The van der Waals surface area contributed by atoms with Crippen LogP contribution in [-0.4, -0.2) is 34.3 Å². The summed E-state index contributed by atoms with van der Waals surface area (Å²) >= 11 is 0. The van der Waals surface area contributed by atoms with Gasteiger partial charge in [-0.25, -0.2) is 4.79 Å². The Morgan fingerprint density at radius 2 is 1.52 bits per heavy atom. The van der Waals surface area contributed by atoms with Crippen molar-refractivity contribution in [3.63, 3.8) is 0 Å². The number of hydrogen-bond donors (Lipinski definition) is 0. The topological polar surface area (TPSA) is 44.8 Å². The molecule has 0 radical (unpaired) electrons. The zero-order chi connectivity index (χ0) is 24.3. The lowest BCUT2D eigenvalue weighted by atomic mass is 10.0. The Bertz CT molecular complexity index is 832. The van der Waals surface area contributed by atoms with E-state index in [-0.39, 0.29) is 17.7 Å². The molecule has 0 heterocycles. The van der Waals surface area contributed by atoms with Crippen LogP contribution in [0.3, 0.4) is 0 Å². The number of carbonyl (C=O) groups excluding carboxylic acids is 1. The van der Waals surface area contributed by atoms with Gasteiger partial charge in [-0.1, -0.05) is 108 Å². The standard InChI is InChI=1S/C28H40O4Si/c1-7-8-11-20-26(23(2)21-22-31-27(29)30-6)32-33(28(3,4)5,24-16-12-9-13-17-24)25-18-14-10-15-19-25/h9-10,12-19,21,26H,7-8,11,20,22H2,1-6H3/b23-21+. The molecule has 0 aliphatic rings. The monoisotopic (exact) mass is 468 g/mol. The predicted octanol–water partition coefficient (Wildman–Crippen LogP) is 6.24. The first kappa shape index (κ1) is 26.9. The quantitative estimate of drug-likeness (QED) is 0.169. The maximum Gasteiger partial charge on any atom is 0.508 e. The maximum atomic E-state index is 11.4. The van der Waals surface area contributed by atoms with E-state index in [0.717, 1.165) is 31.3 Å². The molecule has 180 valence electrons.